The fourth-order valence-electron chi connectivity index (χ4n) is 1.85. The standard InChI is InChI=1S/C14H18N4O3/c1-10(4-6-19)17-13-7-11(3-5-15-13)18-8-12(16-9-18)14(20)21-2/h3,5,7-10,19H,4,6H2,1-2H3,(H,15,17)/t10-/m0/s1. The van der Waals surface area contributed by atoms with Crippen LogP contribution in [0.15, 0.2) is 30.9 Å². The summed E-state index contributed by atoms with van der Waals surface area (Å²) in [4.78, 5) is 19.6. The smallest absolute Gasteiger partial charge is 0.358 e. The van der Waals surface area contributed by atoms with Crippen LogP contribution in [-0.2, 0) is 4.74 Å². The molecule has 0 fully saturated rings. The number of pyridine rings is 1. The maximum Gasteiger partial charge on any atom is 0.358 e. The lowest BCUT2D eigenvalue weighted by molar-refractivity contribution is 0.0594. The molecule has 0 aliphatic heterocycles. The zero-order chi connectivity index (χ0) is 15.2. The molecule has 1 atom stereocenters. The van der Waals surface area contributed by atoms with E-state index in [1.165, 1.54) is 7.11 Å². The van der Waals surface area contributed by atoms with E-state index in [1.807, 2.05) is 19.1 Å². The monoisotopic (exact) mass is 290 g/mol. The number of hydrogen-bond acceptors (Lipinski definition) is 6. The highest BCUT2D eigenvalue weighted by molar-refractivity contribution is 5.86. The average molecular weight is 290 g/mol. The quantitative estimate of drug-likeness (QED) is 0.778. The number of imidazole rings is 1. The van der Waals surface area contributed by atoms with Crippen molar-refractivity contribution in [2.75, 3.05) is 19.0 Å². The second kappa shape index (κ2) is 6.85. The topological polar surface area (TPSA) is 89.3 Å². The van der Waals surface area contributed by atoms with Gasteiger partial charge in [0.2, 0.25) is 0 Å². The predicted molar refractivity (Wildman–Crippen MR) is 77.5 cm³/mol. The van der Waals surface area contributed by atoms with E-state index in [0.717, 1.165) is 5.69 Å². The molecule has 2 N–H and O–H groups in total. The SMILES string of the molecule is COC(=O)c1cn(-c2ccnc(N[C@@H](C)CCO)c2)cn1. The highest BCUT2D eigenvalue weighted by Crippen LogP contribution is 2.14. The van der Waals surface area contributed by atoms with Crippen molar-refractivity contribution >= 4 is 11.8 Å². The van der Waals surface area contributed by atoms with Gasteiger partial charge in [-0.1, -0.05) is 0 Å². The lowest BCUT2D eigenvalue weighted by Crippen LogP contribution is -2.17. The molecule has 7 heteroatoms. The van der Waals surface area contributed by atoms with Gasteiger partial charge in [0.1, 0.15) is 12.1 Å². The minimum absolute atomic E-state index is 0.117. The van der Waals surface area contributed by atoms with E-state index in [9.17, 15) is 4.79 Å². The van der Waals surface area contributed by atoms with E-state index in [0.29, 0.717) is 12.2 Å². The van der Waals surface area contributed by atoms with Crippen molar-refractivity contribution in [3.8, 4) is 5.69 Å². The summed E-state index contributed by atoms with van der Waals surface area (Å²) in [5.41, 5.74) is 1.07. The lowest BCUT2D eigenvalue weighted by Gasteiger charge is -2.13. The van der Waals surface area contributed by atoms with E-state index < -0.39 is 5.97 Å². The van der Waals surface area contributed by atoms with Crippen LogP contribution in [-0.4, -0.2) is 45.4 Å². The van der Waals surface area contributed by atoms with Crippen LogP contribution >= 0.6 is 0 Å². The number of methoxy groups -OCH3 is 1. The van der Waals surface area contributed by atoms with Gasteiger partial charge in [-0.25, -0.2) is 14.8 Å². The van der Waals surface area contributed by atoms with Crippen LogP contribution in [0, 0.1) is 0 Å². The van der Waals surface area contributed by atoms with Crippen LogP contribution in [0.1, 0.15) is 23.8 Å². The summed E-state index contributed by atoms with van der Waals surface area (Å²) in [5.74, 6) is 0.222. The second-order valence-electron chi connectivity index (χ2n) is 4.61. The predicted octanol–water partition coefficient (Wildman–Crippen LogP) is 1.24. The van der Waals surface area contributed by atoms with Crippen LogP contribution in [0.5, 0.6) is 0 Å². The van der Waals surface area contributed by atoms with E-state index in [-0.39, 0.29) is 18.3 Å². The van der Waals surface area contributed by atoms with E-state index in [4.69, 9.17) is 5.11 Å². The maximum absolute atomic E-state index is 11.4. The Hall–Kier alpha value is -2.41. The summed E-state index contributed by atoms with van der Waals surface area (Å²) in [6.07, 6.45) is 5.45. The molecule has 21 heavy (non-hydrogen) atoms. The van der Waals surface area contributed by atoms with Gasteiger partial charge in [-0.3, -0.25) is 0 Å². The maximum atomic E-state index is 11.4. The molecule has 0 radical (unpaired) electrons. The van der Waals surface area contributed by atoms with E-state index >= 15 is 0 Å². The van der Waals surface area contributed by atoms with Gasteiger partial charge in [0.25, 0.3) is 0 Å². The molecule has 0 bridgehead atoms. The summed E-state index contributed by atoms with van der Waals surface area (Å²) in [7, 11) is 1.32. The first kappa shape index (κ1) is 15.0. The summed E-state index contributed by atoms with van der Waals surface area (Å²) in [6, 6.07) is 3.77. The van der Waals surface area contributed by atoms with Crippen LogP contribution in [0.2, 0.25) is 0 Å². The molecule has 7 nitrogen and oxygen atoms in total. The van der Waals surface area contributed by atoms with Crippen LogP contribution < -0.4 is 5.32 Å². The molecule has 0 saturated heterocycles. The minimum Gasteiger partial charge on any atom is -0.464 e. The highest BCUT2D eigenvalue weighted by Gasteiger charge is 2.10. The number of nitrogens with zero attached hydrogens (tertiary/aromatic N) is 3. The second-order valence-corrected chi connectivity index (χ2v) is 4.61. The Balaban J connectivity index is 2.17. The molecule has 2 aromatic rings. The summed E-state index contributed by atoms with van der Waals surface area (Å²) in [6.45, 7) is 2.09. The molecule has 0 amide bonds. The molecule has 2 rings (SSSR count). The van der Waals surface area contributed by atoms with Gasteiger partial charge in [-0.05, 0) is 19.4 Å². The van der Waals surface area contributed by atoms with Crippen molar-refractivity contribution in [2.24, 2.45) is 0 Å². The first-order valence-electron chi connectivity index (χ1n) is 6.60. The zero-order valence-corrected chi connectivity index (χ0v) is 12.0. The molecule has 0 aromatic carbocycles. The first-order chi connectivity index (χ1) is 10.1. The number of rotatable bonds is 6. The van der Waals surface area contributed by atoms with Crippen molar-refractivity contribution in [2.45, 2.75) is 19.4 Å². The fourth-order valence-corrected chi connectivity index (χ4v) is 1.85. The summed E-state index contributed by atoms with van der Waals surface area (Å²) >= 11 is 0. The normalized spacial score (nSPS) is 12.0. The van der Waals surface area contributed by atoms with Gasteiger partial charge < -0.3 is 19.7 Å². The van der Waals surface area contributed by atoms with Gasteiger partial charge in [-0.15, -0.1) is 0 Å². The molecular formula is C14H18N4O3. The number of hydrogen-bond donors (Lipinski definition) is 2. The number of carbonyl (C=O) groups is 1. The Morgan fingerprint density at radius 1 is 1.52 bits per heavy atom. The molecular weight excluding hydrogens is 272 g/mol. The van der Waals surface area contributed by atoms with Gasteiger partial charge in [0.05, 0.1) is 12.8 Å². The van der Waals surface area contributed by atoms with Crippen molar-refractivity contribution < 1.29 is 14.6 Å². The van der Waals surface area contributed by atoms with E-state index in [2.05, 4.69) is 20.0 Å². The Bertz CT molecular complexity index is 612. The number of nitrogens with one attached hydrogen (secondary N) is 1. The van der Waals surface area contributed by atoms with E-state index in [1.54, 1.807) is 23.3 Å². The minimum atomic E-state index is -0.474. The average Bonchev–Trinajstić information content (AvgIpc) is 2.97. The third-order valence-corrected chi connectivity index (χ3v) is 2.98. The Labute approximate surface area is 122 Å². The molecule has 0 aliphatic carbocycles. The number of aliphatic hydroxyl groups excluding tert-OH is 1. The number of carbonyl (C=O) groups excluding carboxylic acids is 1. The van der Waals surface area contributed by atoms with Crippen molar-refractivity contribution in [3.63, 3.8) is 0 Å². The lowest BCUT2D eigenvalue weighted by atomic mass is 10.2. The number of aromatic nitrogens is 3. The van der Waals surface area contributed by atoms with Crippen LogP contribution in [0.25, 0.3) is 5.69 Å². The largest absolute Gasteiger partial charge is 0.464 e. The zero-order valence-electron chi connectivity index (χ0n) is 12.0. The Kier molecular flexibility index (Phi) is 4.89. The highest BCUT2D eigenvalue weighted by atomic mass is 16.5. The first-order valence-corrected chi connectivity index (χ1v) is 6.60. The molecule has 0 unspecified atom stereocenters. The van der Waals surface area contributed by atoms with Crippen molar-refractivity contribution in [1.29, 1.82) is 0 Å². The molecule has 112 valence electrons. The third-order valence-electron chi connectivity index (χ3n) is 2.98. The molecule has 2 aromatic heterocycles. The summed E-state index contributed by atoms with van der Waals surface area (Å²) in [5, 5.41) is 12.1. The Morgan fingerprint density at radius 3 is 3.05 bits per heavy atom. The molecule has 2 heterocycles. The van der Waals surface area contributed by atoms with Gasteiger partial charge in [-0.2, -0.15) is 0 Å². The van der Waals surface area contributed by atoms with Crippen LogP contribution in [0.3, 0.4) is 0 Å². The number of aliphatic hydroxyl groups is 1. The van der Waals surface area contributed by atoms with Crippen molar-refractivity contribution in [1.82, 2.24) is 14.5 Å². The third kappa shape index (κ3) is 3.79. The molecule has 0 spiro atoms. The van der Waals surface area contributed by atoms with Gasteiger partial charge >= 0.3 is 5.97 Å². The van der Waals surface area contributed by atoms with Gasteiger partial charge in [0, 0.05) is 31.1 Å². The van der Waals surface area contributed by atoms with Crippen molar-refractivity contribution in [3.05, 3.63) is 36.5 Å². The molecule has 0 aliphatic rings. The number of esters is 1. The number of anilines is 1. The van der Waals surface area contributed by atoms with Crippen LogP contribution in [0.4, 0.5) is 5.82 Å². The summed E-state index contributed by atoms with van der Waals surface area (Å²) < 4.78 is 6.34. The van der Waals surface area contributed by atoms with Gasteiger partial charge in [0.15, 0.2) is 5.69 Å². The fraction of sp³-hybridized carbons (Fsp3) is 0.357. The number of ether oxygens (including phenoxy) is 1. The Morgan fingerprint density at radius 2 is 2.33 bits per heavy atom. The molecule has 0 saturated carbocycles.